The van der Waals surface area contributed by atoms with Gasteiger partial charge in [0.15, 0.2) is 0 Å². The summed E-state index contributed by atoms with van der Waals surface area (Å²) in [6.07, 6.45) is 11.1. The fourth-order valence-electron chi connectivity index (χ4n) is 6.89. The molecule has 0 N–H and O–H groups in total. The predicted molar refractivity (Wildman–Crippen MR) is 177 cm³/mol. The Labute approximate surface area is 247 Å². The maximum atomic E-state index is 5.10. The minimum atomic E-state index is 0.463. The van der Waals surface area contributed by atoms with E-state index in [0.717, 1.165) is 24.2 Å². The average molecular weight is 538 g/mol. The first-order chi connectivity index (χ1) is 20.7. The highest BCUT2D eigenvalue weighted by molar-refractivity contribution is 6.07. The van der Waals surface area contributed by atoms with Crippen molar-refractivity contribution in [3.63, 3.8) is 0 Å². The van der Waals surface area contributed by atoms with E-state index in [1.807, 2.05) is 0 Å². The highest BCUT2D eigenvalue weighted by Crippen LogP contribution is 2.44. The van der Waals surface area contributed by atoms with Crippen LogP contribution in [0.25, 0.3) is 27.8 Å². The van der Waals surface area contributed by atoms with Crippen LogP contribution in [0.5, 0.6) is 0 Å². The summed E-state index contributed by atoms with van der Waals surface area (Å²) >= 11 is 0. The minimum absolute atomic E-state index is 0.463. The quantitative estimate of drug-likeness (QED) is 0.212. The molecular formula is C41H31N. The van der Waals surface area contributed by atoms with E-state index in [1.54, 1.807) is 0 Å². The smallest absolute Gasteiger partial charge is 0.0668 e. The van der Waals surface area contributed by atoms with Crippen molar-refractivity contribution in [2.45, 2.75) is 25.7 Å². The molecule has 0 radical (unpaired) electrons. The van der Waals surface area contributed by atoms with Crippen LogP contribution in [0.15, 0.2) is 150 Å². The zero-order chi connectivity index (χ0) is 28.0. The van der Waals surface area contributed by atoms with Gasteiger partial charge in [0.25, 0.3) is 0 Å². The van der Waals surface area contributed by atoms with Crippen LogP contribution in [0.2, 0.25) is 0 Å². The molecule has 5 aromatic carbocycles. The van der Waals surface area contributed by atoms with Crippen LogP contribution in [-0.4, -0.2) is 5.71 Å². The number of rotatable bonds is 2. The van der Waals surface area contributed by atoms with Crippen molar-refractivity contribution in [2.24, 2.45) is 4.99 Å². The lowest BCUT2D eigenvalue weighted by Crippen LogP contribution is -2.11. The summed E-state index contributed by atoms with van der Waals surface area (Å²) in [7, 11) is 0. The predicted octanol–water partition coefficient (Wildman–Crippen LogP) is 10.5. The maximum absolute atomic E-state index is 5.10. The molecule has 0 spiro atoms. The molecule has 200 valence electrons. The number of fused-ring (bicyclic) bond motifs is 7. The second-order valence-corrected chi connectivity index (χ2v) is 11.5. The summed E-state index contributed by atoms with van der Waals surface area (Å²) in [5.41, 5.74) is 17.6. The van der Waals surface area contributed by atoms with Crippen molar-refractivity contribution >= 4 is 17.0 Å². The fourth-order valence-corrected chi connectivity index (χ4v) is 6.89. The summed E-state index contributed by atoms with van der Waals surface area (Å²) < 4.78 is 0. The first-order valence-electron chi connectivity index (χ1n) is 14.9. The van der Waals surface area contributed by atoms with Crippen molar-refractivity contribution in [3.8, 4) is 22.3 Å². The van der Waals surface area contributed by atoms with E-state index >= 15 is 0 Å². The van der Waals surface area contributed by atoms with E-state index in [-0.39, 0.29) is 0 Å². The molecule has 0 fully saturated rings. The lowest BCUT2D eigenvalue weighted by molar-refractivity contribution is 0.808. The molecule has 5 aromatic rings. The Morgan fingerprint density at radius 1 is 0.619 bits per heavy atom. The van der Waals surface area contributed by atoms with Gasteiger partial charge in [-0.3, -0.25) is 4.99 Å². The topological polar surface area (TPSA) is 12.4 Å². The lowest BCUT2D eigenvalue weighted by Gasteiger charge is -2.29. The SMILES string of the molecule is CC1=Nc2ccccc2Cc2ccccc2-c2cc(-c3ccc(C4=CC5=CC=CCC5c5ccccc54)cc3)ccc21. The van der Waals surface area contributed by atoms with Crippen LogP contribution >= 0.6 is 0 Å². The van der Waals surface area contributed by atoms with Gasteiger partial charge >= 0.3 is 0 Å². The molecule has 42 heavy (non-hydrogen) atoms. The van der Waals surface area contributed by atoms with Gasteiger partial charge < -0.3 is 0 Å². The van der Waals surface area contributed by atoms with Crippen molar-refractivity contribution < 1.29 is 0 Å². The van der Waals surface area contributed by atoms with Gasteiger partial charge in [-0.2, -0.15) is 0 Å². The normalized spacial score (nSPS) is 16.6. The Morgan fingerprint density at radius 2 is 1.33 bits per heavy atom. The average Bonchev–Trinajstić information content (AvgIpc) is 3.10. The number of nitrogens with zero attached hydrogens (tertiary/aromatic N) is 1. The second-order valence-electron chi connectivity index (χ2n) is 11.5. The van der Waals surface area contributed by atoms with Gasteiger partial charge in [0.1, 0.15) is 0 Å². The second kappa shape index (κ2) is 10.1. The van der Waals surface area contributed by atoms with E-state index in [2.05, 4.69) is 146 Å². The number of allylic oxidation sites excluding steroid dienone is 5. The van der Waals surface area contributed by atoms with Crippen LogP contribution in [0.4, 0.5) is 5.69 Å². The summed E-state index contributed by atoms with van der Waals surface area (Å²) in [6.45, 7) is 2.13. The number of benzene rings is 5. The fraction of sp³-hybridized carbons (Fsp3) is 0.0976. The molecule has 0 saturated carbocycles. The molecule has 0 amide bonds. The number of hydrogen-bond acceptors (Lipinski definition) is 1. The zero-order valence-electron chi connectivity index (χ0n) is 23.7. The van der Waals surface area contributed by atoms with E-state index < -0.39 is 0 Å². The molecule has 0 saturated heterocycles. The molecular weight excluding hydrogens is 506 g/mol. The molecule has 8 rings (SSSR count). The van der Waals surface area contributed by atoms with Crippen LogP contribution in [-0.2, 0) is 6.42 Å². The summed E-state index contributed by atoms with van der Waals surface area (Å²) in [5, 5.41) is 0. The van der Waals surface area contributed by atoms with Gasteiger partial charge in [0, 0.05) is 23.6 Å². The lowest BCUT2D eigenvalue weighted by atomic mass is 9.75. The van der Waals surface area contributed by atoms with Gasteiger partial charge in [0.2, 0.25) is 0 Å². The maximum Gasteiger partial charge on any atom is 0.0668 e. The van der Waals surface area contributed by atoms with Gasteiger partial charge in [-0.1, -0.05) is 121 Å². The van der Waals surface area contributed by atoms with E-state index in [4.69, 9.17) is 4.99 Å². The molecule has 1 atom stereocenters. The van der Waals surface area contributed by atoms with Crippen molar-refractivity contribution in [1.82, 2.24) is 0 Å². The summed E-state index contributed by atoms with van der Waals surface area (Å²) in [6, 6.07) is 42.3. The van der Waals surface area contributed by atoms with E-state index in [1.165, 1.54) is 66.8 Å². The molecule has 1 nitrogen and oxygen atoms in total. The van der Waals surface area contributed by atoms with Crippen LogP contribution in [0.1, 0.15) is 52.6 Å². The Morgan fingerprint density at radius 3 is 2.21 bits per heavy atom. The van der Waals surface area contributed by atoms with Crippen molar-refractivity contribution in [3.05, 3.63) is 179 Å². The zero-order valence-corrected chi connectivity index (χ0v) is 23.7. The van der Waals surface area contributed by atoms with Crippen molar-refractivity contribution in [2.75, 3.05) is 0 Å². The summed E-state index contributed by atoms with van der Waals surface area (Å²) in [4.78, 5) is 5.10. The van der Waals surface area contributed by atoms with Gasteiger partial charge in [-0.15, -0.1) is 0 Å². The molecule has 1 heterocycles. The monoisotopic (exact) mass is 537 g/mol. The van der Waals surface area contributed by atoms with Crippen LogP contribution in [0.3, 0.4) is 0 Å². The standard InChI is InChI=1S/C41H31N/c1-27-34-23-22-30(25-40(34)36-14-6-2-10-31(36)24-33-12-4-9-17-41(33)42-27)28-18-20-29(21-19-28)39-26-32-11-3-5-13-35(32)37-15-7-8-16-38(37)39/h2-12,14-23,25-26,35H,13,24H2,1H3. The largest absolute Gasteiger partial charge is 0.253 e. The Hall–Kier alpha value is -5.01. The van der Waals surface area contributed by atoms with E-state index in [0.29, 0.717) is 5.92 Å². The van der Waals surface area contributed by atoms with Gasteiger partial charge in [-0.05, 0) is 92.8 Å². The number of aliphatic imine (C=N–C) groups is 1. The molecule has 1 heteroatoms. The van der Waals surface area contributed by atoms with Crippen LogP contribution in [0, 0.1) is 0 Å². The molecule has 1 unspecified atom stereocenters. The van der Waals surface area contributed by atoms with Crippen molar-refractivity contribution in [1.29, 1.82) is 0 Å². The van der Waals surface area contributed by atoms with Gasteiger partial charge in [-0.25, -0.2) is 0 Å². The van der Waals surface area contributed by atoms with E-state index in [9.17, 15) is 0 Å². The Balaban J connectivity index is 1.21. The number of para-hydroxylation sites is 1. The Kier molecular flexibility index (Phi) is 5.96. The third kappa shape index (κ3) is 4.21. The summed E-state index contributed by atoms with van der Waals surface area (Å²) in [5.74, 6) is 0.463. The first kappa shape index (κ1) is 24.8. The highest BCUT2D eigenvalue weighted by Gasteiger charge is 2.26. The highest BCUT2D eigenvalue weighted by atomic mass is 14.7. The first-order valence-corrected chi connectivity index (χ1v) is 14.9. The van der Waals surface area contributed by atoms with Crippen LogP contribution < -0.4 is 0 Å². The molecule has 2 aliphatic carbocycles. The minimum Gasteiger partial charge on any atom is -0.253 e. The Bertz CT molecular complexity index is 1980. The molecule has 1 aliphatic heterocycles. The molecule has 0 bridgehead atoms. The third-order valence-corrected chi connectivity index (χ3v) is 9.04. The molecule has 0 aromatic heterocycles. The number of hydrogen-bond donors (Lipinski definition) is 0. The third-order valence-electron chi connectivity index (χ3n) is 9.04. The van der Waals surface area contributed by atoms with Gasteiger partial charge in [0.05, 0.1) is 5.69 Å². The molecule has 3 aliphatic rings.